The van der Waals surface area contributed by atoms with Gasteiger partial charge in [0, 0.05) is 12.4 Å². The Bertz CT molecular complexity index is 495. The van der Waals surface area contributed by atoms with Crippen LogP contribution < -0.4 is 5.32 Å². The molecule has 2 atom stereocenters. The Labute approximate surface area is 134 Å². The van der Waals surface area contributed by atoms with E-state index in [2.05, 4.69) is 51.8 Å². The largest absolute Gasteiger partial charge is 0.402 e. The van der Waals surface area contributed by atoms with Crippen LogP contribution in [0.15, 0.2) is 24.5 Å². The number of nitrogens with zero attached hydrogens (tertiary/aromatic N) is 1. The van der Waals surface area contributed by atoms with E-state index >= 15 is 0 Å². The van der Waals surface area contributed by atoms with Crippen molar-refractivity contribution in [3.8, 4) is 0 Å². The SMILES string of the molecule is CC(C)[Si](O[C@H]1C(=O)N[C@H]1c1ccncc1)(C(C)C)C(C)C. The molecule has 1 aromatic heterocycles. The van der Waals surface area contributed by atoms with Crippen LogP contribution in [-0.2, 0) is 9.22 Å². The second-order valence-electron chi connectivity index (χ2n) is 7.12. The summed E-state index contributed by atoms with van der Waals surface area (Å²) >= 11 is 0. The van der Waals surface area contributed by atoms with Crippen LogP contribution in [0.5, 0.6) is 0 Å². The predicted molar refractivity (Wildman–Crippen MR) is 91.0 cm³/mol. The fourth-order valence-electron chi connectivity index (χ4n) is 3.94. The quantitative estimate of drug-likeness (QED) is 0.640. The molecule has 1 aliphatic rings. The number of β-lactam (4-membered cyclic amide) rings is 1. The molecular weight excluding hydrogens is 292 g/mol. The summed E-state index contributed by atoms with van der Waals surface area (Å²) in [6.07, 6.45) is 3.16. The van der Waals surface area contributed by atoms with Crippen LogP contribution in [0.3, 0.4) is 0 Å². The van der Waals surface area contributed by atoms with Gasteiger partial charge in [0.2, 0.25) is 8.32 Å². The van der Waals surface area contributed by atoms with E-state index in [0.29, 0.717) is 16.6 Å². The minimum atomic E-state index is -2.05. The van der Waals surface area contributed by atoms with Crippen LogP contribution in [0.1, 0.15) is 53.1 Å². The third-order valence-corrected chi connectivity index (χ3v) is 11.0. The normalized spacial score (nSPS) is 22.1. The van der Waals surface area contributed by atoms with Crippen molar-refractivity contribution in [2.45, 2.75) is 70.3 Å². The van der Waals surface area contributed by atoms with Gasteiger partial charge < -0.3 is 9.74 Å². The van der Waals surface area contributed by atoms with E-state index in [4.69, 9.17) is 4.43 Å². The molecule has 1 aromatic rings. The summed E-state index contributed by atoms with van der Waals surface area (Å²) in [5.41, 5.74) is 2.48. The summed E-state index contributed by atoms with van der Waals surface area (Å²) in [6, 6.07) is 3.85. The minimum absolute atomic E-state index is 0.0145. The van der Waals surface area contributed by atoms with Crippen LogP contribution in [-0.4, -0.2) is 25.3 Å². The van der Waals surface area contributed by atoms with Gasteiger partial charge in [0.25, 0.3) is 5.91 Å². The van der Waals surface area contributed by atoms with Crippen molar-refractivity contribution in [3.05, 3.63) is 30.1 Å². The monoisotopic (exact) mass is 320 g/mol. The molecule has 1 fully saturated rings. The number of nitrogens with one attached hydrogen (secondary N) is 1. The van der Waals surface area contributed by atoms with E-state index < -0.39 is 8.32 Å². The van der Waals surface area contributed by atoms with E-state index in [1.807, 2.05) is 12.1 Å². The number of aromatic nitrogens is 1. The third-order valence-electron chi connectivity index (χ3n) is 4.96. The highest BCUT2D eigenvalue weighted by atomic mass is 28.4. The van der Waals surface area contributed by atoms with Crippen LogP contribution in [0.25, 0.3) is 0 Å². The molecule has 4 nitrogen and oxygen atoms in total. The molecule has 0 saturated carbocycles. The zero-order valence-electron chi connectivity index (χ0n) is 14.5. The second-order valence-corrected chi connectivity index (χ2v) is 12.5. The van der Waals surface area contributed by atoms with E-state index in [9.17, 15) is 4.79 Å². The molecule has 1 N–H and O–H groups in total. The summed E-state index contributed by atoms with van der Waals surface area (Å²) in [4.78, 5) is 16.2. The highest BCUT2D eigenvalue weighted by molar-refractivity contribution is 6.77. The number of rotatable bonds is 6. The second kappa shape index (κ2) is 6.50. The van der Waals surface area contributed by atoms with Crippen molar-refractivity contribution < 1.29 is 9.22 Å². The van der Waals surface area contributed by atoms with Crippen LogP contribution in [0.4, 0.5) is 0 Å². The lowest BCUT2D eigenvalue weighted by Gasteiger charge is -2.48. The average molecular weight is 321 g/mol. The topological polar surface area (TPSA) is 51.2 Å². The van der Waals surface area contributed by atoms with Gasteiger partial charge in [-0.2, -0.15) is 0 Å². The first-order valence-corrected chi connectivity index (χ1v) is 10.3. The summed E-state index contributed by atoms with van der Waals surface area (Å²) in [5, 5.41) is 2.98. The number of pyridine rings is 1. The van der Waals surface area contributed by atoms with Gasteiger partial charge in [-0.25, -0.2) is 0 Å². The number of amides is 1. The van der Waals surface area contributed by atoms with Crippen molar-refractivity contribution in [2.24, 2.45) is 0 Å². The first kappa shape index (κ1) is 17.2. The molecule has 0 unspecified atom stereocenters. The fraction of sp³-hybridized carbons (Fsp3) is 0.647. The summed E-state index contributed by atoms with van der Waals surface area (Å²) in [6.45, 7) is 13.4. The molecule has 0 bridgehead atoms. The Hall–Kier alpha value is -1.20. The third kappa shape index (κ3) is 2.84. The highest BCUT2D eigenvalue weighted by Crippen LogP contribution is 2.45. The Balaban J connectivity index is 2.27. The molecular formula is C17H28N2O2Si. The Morgan fingerprint density at radius 1 is 1.05 bits per heavy atom. The molecule has 0 spiro atoms. The lowest BCUT2D eigenvalue weighted by atomic mass is 9.95. The van der Waals surface area contributed by atoms with Gasteiger partial charge in [-0.15, -0.1) is 0 Å². The van der Waals surface area contributed by atoms with Crippen molar-refractivity contribution in [3.63, 3.8) is 0 Å². The van der Waals surface area contributed by atoms with E-state index in [0.717, 1.165) is 5.56 Å². The van der Waals surface area contributed by atoms with Crippen LogP contribution in [0.2, 0.25) is 16.6 Å². The van der Waals surface area contributed by atoms with Crippen molar-refractivity contribution in [1.29, 1.82) is 0 Å². The van der Waals surface area contributed by atoms with Gasteiger partial charge in [0.15, 0.2) is 0 Å². The highest BCUT2D eigenvalue weighted by Gasteiger charge is 2.52. The first-order chi connectivity index (χ1) is 10.3. The summed E-state index contributed by atoms with van der Waals surface area (Å²) in [5.74, 6) is 0.0145. The molecule has 2 heterocycles. The van der Waals surface area contributed by atoms with Gasteiger partial charge in [-0.05, 0) is 34.3 Å². The first-order valence-electron chi connectivity index (χ1n) is 8.18. The Morgan fingerprint density at radius 2 is 1.55 bits per heavy atom. The maximum atomic E-state index is 12.1. The predicted octanol–water partition coefficient (Wildman–Crippen LogP) is 3.81. The minimum Gasteiger partial charge on any atom is -0.402 e. The number of hydrogen-bond acceptors (Lipinski definition) is 3. The molecule has 122 valence electrons. The molecule has 0 radical (unpaired) electrons. The molecule has 2 rings (SSSR count). The molecule has 1 amide bonds. The van der Waals surface area contributed by atoms with Crippen molar-refractivity contribution in [2.75, 3.05) is 0 Å². The zero-order valence-corrected chi connectivity index (χ0v) is 15.5. The van der Waals surface area contributed by atoms with Crippen LogP contribution in [0, 0.1) is 0 Å². The van der Waals surface area contributed by atoms with Gasteiger partial charge >= 0.3 is 0 Å². The number of hydrogen-bond donors (Lipinski definition) is 1. The van der Waals surface area contributed by atoms with E-state index in [-0.39, 0.29) is 18.1 Å². The lowest BCUT2D eigenvalue weighted by molar-refractivity contribution is -0.141. The molecule has 1 saturated heterocycles. The zero-order chi connectivity index (χ0) is 16.5. The summed E-state index contributed by atoms with van der Waals surface area (Å²) in [7, 11) is -2.05. The maximum absolute atomic E-state index is 12.1. The van der Waals surface area contributed by atoms with E-state index in [1.165, 1.54) is 0 Å². The number of carbonyl (C=O) groups excluding carboxylic acids is 1. The Morgan fingerprint density at radius 3 is 1.95 bits per heavy atom. The standard InChI is InChI=1S/C17H28N2O2Si/c1-11(2)22(12(3)4,13(5)6)21-16-15(19-17(16)20)14-7-9-18-10-8-14/h7-13,15-16H,1-6H3,(H,19,20)/t15-,16+/m0/s1. The van der Waals surface area contributed by atoms with Gasteiger partial charge in [0.05, 0.1) is 6.04 Å². The average Bonchev–Trinajstić information content (AvgIpc) is 2.45. The Kier molecular flexibility index (Phi) is 5.07. The molecule has 0 aromatic carbocycles. The van der Waals surface area contributed by atoms with Gasteiger partial charge in [0.1, 0.15) is 6.10 Å². The van der Waals surface area contributed by atoms with Gasteiger partial charge in [-0.1, -0.05) is 41.5 Å². The molecule has 1 aliphatic heterocycles. The molecule has 5 heteroatoms. The fourth-order valence-corrected chi connectivity index (χ4v) is 9.44. The number of carbonyl (C=O) groups is 1. The maximum Gasteiger partial charge on any atom is 0.251 e. The molecule has 0 aliphatic carbocycles. The van der Waals surface area contributed by atoms with Crippen molar-refractivity contribution in [1.82, 2.24) is 10.3 Å². The van der Waals surface area contributed by atoms with Gasteiger partial charge in [-0.3, -0.25) is 9.78 Å². The smallest absolute Gasteiger partial charge is 0.251 e. The van der Waals surface area contributed by atoms with E-state index in [1.54, 1.807) is 12.4 Å². The van der Waals surface area contributed by atoms with Crippen molar-refractivity contribution >= 4 is 14.2 Å². The summed E-state index contributed by atoms with van der Waals surface area (Å²) < 4.78 is 6.64. The lowest BCUT2D eigenvalue weighted by Crippen LogP contribution is -2.63. The van der Waals surface area contributed by atoms with Crippen LogP contribution >= 0.6 is 0 Å². The molecule has 22 heavy (non-hydrogen) atoms.